The number of piperazine rings is 1. The summed E-state index contributed by atoms with van der Waals surface area (Å²) in [5.41, 5.74) is 0.576. The number of hydrogen-bond acceptors (Lipinski definition) is 5. The summed E-state index contributed by atoms with van der Waals surface area (Å²) in [4.78, 5) is 23.6. The molecule has 6 nitrogen and oxygen atoms in total. The van der Waals surface area contributed by atoms with E-state index in [0.717, 1.165) is 38.3 Å². The summed E-state index contributed by atoms with van der Waals surface area (Å²) in [5.74, 6) is 0.563. The molecular formula is C21H22ClFN4O2. The minimum Gasteiger partial charge on any atom is -0.506 e. The molecule has 29 heavy (non-hydrogen) atoms. The number of aromatic nitrogens is 1. The van der Waals surface area contributed by atoms with E-state index >= 15 is 0 Å². The predicted molar refractivity (Wildman–Crippen MR) is 109 cm³/mol. The maximum Gasteiger partial charge on any atom is 0.231 e. The highest BCUT2D eigenvalue weighted by molar-refractivity contribution is 6.30. The van der Waals surface area contributed by atoms with Crippen LogP contribution in [-0.2, 0) is 4.79 Å². The highest BCUT2D eigenvalue weighted by atomic mass is 35.5. The van der Waals surface area contributed by atoms with Gasteiger partial charge in [0.2, 0.25) is 5.91 Å². The van der Waals surface area contributed by atoms with Crippen LogP contribution in [0.15, 0.2) is 36.5 Å². The van der Waals surface area contributed by atoms with E-state index in [0.29, 0.717) is 24.3 Å². The summed E-state index contributed by atoms with van der Waals surface area (Å²) in [6, 6.07) is 8.84. The molecule has 8 heteroatoms. The Hall–Kier alpha value is -2.38. The second kappa shape index (κ2) is 7.15. The van der Waals surface area contributed by atoms with Crippen molar-refractivity contribution < 1.29 is 14.3 Å². The summed E-state index contributed by atoms with van der Waals surface area (Å²) >= 11 is 5.76. The zero-order valence-corrected chi connectivity index (χ0v) is 16.6. The lowest BCUT2D eigenvalue weighted by Gasteiger charge is -2.35. The first-order valence-corrected chi connectivity index (χ1v) is 10.3. The van der Waals surface area contributed by atoms with Crippen molar-refractivity contribution in [2.24, 2.45) is 5.92 Å². The molecule has 4 heterocycles. The molecule has 152 valence electrons. The van der Waals surface area contributed by atoms with Gasteiger partial charge < -0.3 is 14.9 Å². The van der Waals surface area contributed by atoms with E-state index in [9.17, 15) is 14.3 Å². The van der Waals surface area contributed by atoms with Gasteiger partial charge >= 0.3 is 0 Å². The second-order valence-electron chi connectivity index (χ2n) is 8.10. The van der Waals surface area contributed by atoms with Crippen molar-refractivity contribution in [3.8, 4) is 5.75 Å². The van der Waals surface area contributed by atoms with Crippen molar-refractivity contribution in [1.29, 1.82) is 0 Å². The van der Waals surface area contributed by atoms with Crippen molar-refractivity contribution in [1.82, 2.24) is 9.88 Å². The predicted octanol–water partition coefficient (Wildman–Crippen LogP) is 2.90. The molecule has 2 bridgehead atoms. The van der Waals surface area contributed by atoms with Crippen LogP contribution >= 0.6 is 11.6 Å². The summed E-state index contributed by atoms with van der Waals surface area (Å²) in [7, 11) is 0. The van der Waals surface area contributed by atoms with Crippen LogP contribution in [0, 0.1) is 11.7 Å². The number of hydrogen-bond donors (Lipinski definition) is 1. The normalized spacial score (nSPS) is 26.7. The monoisotopic (exact) mass is 416 g/mol. The first-order valence-electron chi connectivity index (χ1n) is 9.92. The number of anilines is 2. The SMILES string of the molecule is O=C1C(CN2C[C@@H]3C[C@H]2CN3c2ccc(O)cn2)CCN1c1ccc(Cl)c(F)c1. The number of likely N-dealkylation sites (tertiary alicyclic amines) is 1. The third-order valence-corrected chi connectivity index (χ3v) is 6.67. The average molecular weight is 417 g/mol. The van der Waals surface area contributed by atoms with E-state index in [-0.39, 0.29) is 22.6 Å². The Labute approximate surface area is 173 Å². The number of aromatic hydroxyl groups is 1. The Morgan fingerprint density at radius 1 is 1.21 bits per heavy atom. The first-order chi connectivity index (χ1) is 14.0. The number of rotatable bonds is 4. The molecule has 3 aliphatic heterocycles. The Morgan fingerprint density at radius 3 is 2.76 bits per heavy atom. The van der Waals surface area contributed by atoms with Gasteiger partial charge in [-0.05, 0) is 43.2 Å². The molecular weight excluding hydrogens is 395 g/mol. The minimum absolute atomic E-state index is 0.0616. The summed E-state index contributed by atoms with van der Waals surface area (Å²) < 4.78 is 13.8. The van der Waals surface area contributed by atoms with Crippen LogP contribution in [0.1, 0.15) is 12.8 Å². The lowest BCUT2D eigenvalue weighted by Crippen LogP contribution is -2.48. The van der Waals surface area contributed by atoms with E-state index in [2.05, 4.69) is 14.8 Å². The molecule has 3 aliphatic rings. The molecule has 3 saturated heterocycles. The Morgan fingerprint density at radius 2 is 2.07 bits per heavy atom. The third kappa shape index (κ3) is 3.32. The number of amides is 1. The van der Waals surface area contributed by atoms with Gasteiger partial charge in [0, 0.05) is 44.0 Å². The van der Waals surface area contributed by atoms with Gasteiger partial charge in [0.05, 0.1) is 17.1 Å². The Kier molecular flexibility index (Phi) is 4.59. The standard InChI is InChI=1S/C21H22ClFN4O2/c22-18-3-1-14(8-19(18)23)26-6-5-13(21(26)29)10-25-11-16-7-15(25)12-27(16)20-4-2-17(28)9-24-20/h1-4,8-9,13,15-16,28H,5-7,10-12H2/t13?,15-,16-/m0/s1. The maximum absolute atomic E-state index is 13.8. The van der Waals surface area contributed by atoms with Gasteiger partial charge in [-0.3, -0.25) is 9.69 Å². The van der Waals surface area contributed by atoms with Gasteiger partial charge in [0.25, 0.3) is 0 Å². The molecule has 1 N–H and O–H groups in total. The Balaban J connectivity index is 1.22. The van der Waals surface area contributed by atoms with Gasteiger partial charge in [-0.15, -0.1) is 0 Å². The van der Waals surface area contributed by atoms with Gasteiger partial charge in [0.15, 0.2) is 0 Å². The van der Waals surface area contributed by atoms with Crippen LogP contribution in [0.3, 0.4) is 0 Å². The minimum atomic E-state index is -0.500. The Bertz CT molecular complexity index is 941. The molecule has 1 aromatic carbocycles. The van der Waals surface area contributed by atoms with Crippen LogP contribution in [0.5, 0.6) is 5.75 Å². The molecule has 0 saturated carbocycles. The largest absolute Gasteiger partial charge is 0.506 e. The third-order valence-electron chi connectivity index (χ3n) is 6.37. The number of halogens is 2. The van der Waals surface area contributed by atoms with Crippen molar-refractivity contribution in [2.75, 3.05) is 36.0 Å². The van der Waals surface area contributed by atoms with Crippen molar-refractivity contribution >= 4 is 29.0 Å². The molecule has 1 aromatic heterocycles. The number of carbonyl (C=O) groups is 1. The first kappa shape index (κ1) is 18.6. The summed E-state index contributed by atoms with van der Waals surface area (Å²) in [5, 5.41) is 9.50. The van der Waals surface area contributed by atoms with Crippen LogP contribution in [0.2, 0.25) is 5.02 Å². The molecule has 0 spiro atoms. The lowest BCUT2D eigenvalue weighted by molar-refractivity contribution is -0.121. The zero-order valence-electron chi connectivity index (χ0n) is 15.8. The molecule has 3 atom stereocenters. The van der Waals surface area contributed by atoms with E-state index < -0.39 is 5.82 Å². The second-order valence-corrected chi connectivity index (χ2v) is 8.51. The number of benzene rings is 1. The van der Waals surface area contributed by atoms with E-state index in [1.165, 1.54) is 18.3 Å². The van der Waals surface area contributed by atoms with Crippen molar-refractivity contribution in [2.45, 2.75) is 24.9 Å². The molecule has 0 radical (unpaired) electrons. The number of carbonyl (C=O) groups excluding carboxylic acids is 1. The highest BCUT2D eigenvalue weighted by Crippen LogP contribution is 2.36. The van der Waals surface area contributed by atoms with Gasteiger partial charge in [-0.2, -0.15) is 0 Å². The van der Waals surface area contributed by atoms with Crippen LogP contribution < -0.4 is 9.80 Å². The van der Waals surface area contributed by atoms with E-state index in [1.54, 1.807) is 17.0 Å². The fourth-order valence-electron chi connectivity index (χ4n) is 4.90. The van der Waals surface area contributed by atoms with E-state index in [4.69, 9.17) is 11.6 Å². The van der Waals surface area contributed by atoms with Gasteiger partial charge in [0.1, 0.15) is 17.4 Å². The number of nitrogens with zero attached hydrogens (tertiary/aromatic N) is 4. The quantitative estimate of drug-likeness (QED) is 0.830. The molecule has 3 fully saturated rings. The van der Waals surface area contributed by atoms with E-state index in [1.807, 2.05) is 6.07 Å². The molecule has 1 unspecified atom stereocenters. The van der Waals surface area contributed by atoms with Crippen molar-refractivity contribution in [3.05, 3.63) is 47.4 Å². The molecule has 5 rings (SSSR count). The lowest BCUT2D eigenvalue weighted by atomic mass is 10.1. The zero-order chi connectivity index (χ0) is 20.1. The molecule has 1 amide bonds. The van der Waals surface area contributed by atoms with Crippen LogP contribution in [-0.4, -0.2) is 59.2 Å². The summed E-state index contributed by atoms with van der Waals surface area (Å²) in [6.45, 7) is 3.14. The fourth-order valence-corrected chi connectivity index (χ4v) is 5.02. The molecule has 2 aromatic rings. The molecule has 0 aliphatic carbocycles. The topological polar surface area (TPSA) is 59.9 Å². The maximum atomic E-state index is 13.8. The van der Waals surface area contributed by atoms with Crippen LogP contribution in [0.25, 0.3) is 0 Å². The van der Waals surface area contributed by atoms with Crippen molar-refractivity contribution in [3.63, 3.8) is 0 Å². The highest BCUT2D eigenvalue weighted by Gasteiger charge is 2.45. The fraction of sp³-hybridized carbons (Fsp3) is 0.429. The average Bonchev–Trinajstić information content (AvgIpc) is 3.40. The number of fused-ring (bicyclic) bond motifs is 2. The van der Waals surface area contributed by atoms with Gasteiger partial charge in [-0.1, -0.05) is 11.6 Å². The number of pyridine rings is 1. The summed E-state index contributed by atoms with van der Waals surface area (Å²) in [6.07, 6.45) is 3.32. The smallest absolute Gasteiger partial charge is 0.231 e. The van der Waals surface area contributed by atoms with Gasteiger partial charge in [-0.25, -0.2) is 9.37 Å². The van der Waals surface area contributed by atoms with Crippen LogP contribution in [0.4, 0.5) is 15.9 Å².